The summed E-state index contributed by atoms with van der Waals surface area (Å²) in [5.74, 6) is -0.640. The third-order valence-corrected chi connectivity index (χ3v) is 3.96. The molecule has 6 heteroatoms. The van der Waals surface area contributed by atoms with Gasteiger partial charge in [0, 0.05) is 44.2 Å². The predicted octanol–water partition coefficient (Wildman–Crippen LogP) is 1.09. The molecule has 1 fully saturated rings. The van der Waals surface area contributed by atoms with Crippen molar-refractivity contribution in [2.45, 2.75) is 13.3 Å². The third kappa shape index (κ3) is 3.82. The molecule has 2 rings (SSSR count). The maximum atomic E-state index is 12.9. The normalized spacial score (nSPS) is 17.0. The second-order valence-corrected chi connectivity index (χ2v) is 5.61. The monoisotopic (exact) mass is 307 g/mol. The lowest BCUT2D eigenvalue weighted by Gasteiger charge is -2.24. The Kier molecular flexibility index (Phi) is 5.49. The van der Waals surface area contributed by atoms with Crippen LogP contribution in [0.2, 0.25) is 0 Å². The standard InChI is InChI=1S/C16H22FN3O2/c1-12(11-18)15(21)19-7-2-8-20(10-9-19)16(22)13-3-5-14(17)6-4-13/h3-6,12H,2,7-11,18H2,1H3. The predicted molar refractivity (Wildman–Crippen MR) is 81.7 cm³/mol. The zero-order chi connectivity index (χ0) is 16.1. The Morgan fingerprint density at radius 3 is 2.36 bits per heavy atom. The Bertz CT molecular complexity index is 533. The van der Waals surface area contributed by atoms with Crippen LogP contribution in [0.4, 0.5) is 4.39 Å². The van der Waals surface area contributed by atoms with Crippen molar-refractivity contribution in [2.24, 2.45) is 11.7 Å². The first-order valence-electron chi connectivity index (χ1n) is 7.56. The fraction of sp³-hybridized carbons (Fsp3) is 0.500. The van der Waals surface area contributed by atoms with E-state index in [-0.39, 0.29) is 23.5 Å². The zero-order valence-corrected chi connectivity index (χ0v) is 12.8. The van der Waals surface area contributed by atoms with Gasteiger partial charge in [0.15, 0.2) is 0 Å². The number of carbonyl (C=O) groups excluding carboxylic acids is 2. The van der Waals surface area contributed by atoms with Crippen molar-refractivity contribution in [2.75, 3.05) is 32.7 Å². The molecule has 0 bridgehead atoms. The van der Waals surface area contributed by atoms with Gasteiger partial charge in [0.1, 0.15) is 5.82 Å². The number of nitrogens with two attached hydrogens (primary N) is 1. The Morgan fingerprint density at radius 1 is 1.14 bits per heavy atom. The van der Waals surface area contributed by atoms with Crippen molar-refractivity contribution < 1.29 is 14.0 Å². The smallest absolute Gasteiger partial charge is 0.253 e. The molecule has 0 aliphatic carbocycles. The average Bonchev–Trinajstić information content (AvgIpc) is 2.79. The van der Waals surface area contributed by atoms with Gasteiger partial charge in [-0.15, -0.1) is 0 Å². The van der Waals surface area contributed by atoms with Crippen LogP contribution >= 0.6 is 0 Å². The van der Waals surface area contributed by atoms with Crippen molar-refractivity contribution >= 4 is 11.8 Å². The van der Waals surface area contributed by atoms with E-state index in [1.54, 1.807) is 9.80 Å². The summed E-state index contributed by atoms with van der Waals surface area (Å²) in [4.78, 5) is 28.1. The molecule has 1 aromatic rings. The largest absolute Gasteiger partial charge is 0.341 e. The van der Waals surface area contributed by atoms with Crippen LogP contribution in [0.15, 0.2) is 24.3 Å². The molecule has 1 heterocycles. The van der Waals surface area contributed by atoms with Gasteiger partial charge in [0.2, 0.25) is 5.91 Å². The molecule has 0 spiro atoms. The second kappa shape index (κ2) is 7.35. The van der Waals surface area contributed by atoms with Crippen LogP contribution in [0.3, 0.4) is 0 Å². The van der Waals surface area contributed by atoms with E-state index in [2.05, 4.69) is 0 Å². The van der Waals surface area contributed by atoms with Crippen LogP contribution < -0.4 is 5.73 Å². The molecule has 0 radical (unpaired) electrons. The van der Waals surface area contributed by atoms with Crippen molar-refractivity contribution in [3.05, 3.63) is 35.6 Å². The summed E-state index contributed by atoms with van der Waals surface area (Å²) in [6.45, 7) is 4.37. The van der Waals surface area contributed by atoms with Crippen LogP contribution in [-0.4, -0.2) is 54.3 Å². The van der Waals surface area contributed by atoms with Gasteiger partial charge >= 0.3 is 0 Å². The van der Waals surface area contributed by atoms with E-state index in [1.165, 1.54) is 24.3 Å². The fourth-order valence-electron chi connectivity index (χ4n) is 2.53. The molecule has 1 aliphatic rings. The van der Waals surface area contributed by atoms with Crippen molar-refractivity contribution in [1.29, 1.82) is 0 Å². The number of amides is 2. The summed E-state index contributed by atoms with van der Waals surface area (Å²) in [5, 5.41) is 0. The molecule has 22 heavy (non-hydrogen) atoms. The molecule has 0 saturated carbocycles. The van der Waals surface area contributed by atoms with Crippen LogP contribution in [0, 0.1) is 11.7 Å². The molecule has 1 aromatic carbocycles. The number of benzene rings is 1. The highest BCUT2D eigenvalue weighted by atomic mass is 19.1. The van der Waals surface area contributed by atoms with Gasteiger partial charge in [-0.3, -0.25) is 9.59 Å². The van der Waals surface area contributed by atoms with Gasteiger partial charge in [-0.2, -0.15) is 0 Å². The minimum Gasteiger partial charge on any atom is -0.341 e. The number of halogens is 1. The van der Waals surface area contributed by atoms with Gasteiger partial charge in [-0.1, -0.05) is 6.92 Å². The van der Waals surface area contributed by atoms with Crippen LogP contribution in [0.25, 0.3) is 0 Å². The van der Waals surface area contributed by atoms with E-state index in [0.717, 1.165) is 6.42 Å². The first-order valence-corrected chi connectivity index (χ1v) is 7.56. The Labute approximate surface area is 129 Å². The molecule has 1 atom stereocenters. The molecular formula is C16H22FN3O2. The fourth-order valence-corrected chi connectivity index (χ4v) is 2.53. The van der Waals surface area contributed by atoms with Crippen LogP contribution in [0.1, 0.15) is 23.7 Å². The molecule has 1 saturated heterocycles. The SMILES string of the molecule is CC(CN)C(=O)N1CCCN(C(=O)c2ccc(F)cc2)CC1. The van der Waals surface area contributed by atoms with Gasteiger partial charge in [-0.25, -0.2) is 4.39 Å². The summed E-state index contributed by atoms with van der Waals surface area (Å²) in [5.41, 5.74) is 6.01. The van der Waals surface area contributed by atoms with E-state index in [9.17, 15) is 14.0 Å². The number of nitrogens with zero attached hydrogens (tertiary/aromatic N) is 2. The zero-order valence-electron chi connectivity index (χ0n) is 12.8. The van der Waals surface area contributed by atoms with E-state index >= 15 is 0 Å². The van der Waals surface area contributed by atoms with Crippen molar-refractivity contribution in [1.82, 2.24) is 9.80 Å². The topological polar surface area (TPSA) is 66.6 Å². The molecule has 2 amide bonds. The highest BCUT2D eigenvalue weighted by Crippen LogP contribution is 2.12. The molecule has 2 N–H and O–H groups in total. The van der Waals surface area contributed by atoms with Gasteiger partial charge in [0.25, 0.3) is 5.91 Å². The first kappa shape index (κ1) is 16.4. The first-order chi connectivity index (χ1) is 10.5. The number of carbonyl (C=O) groups is 2. The second-order valence-electron chi connectivity index (χ2n) is 5.61. The minimum absolute atomic E-state index is 0.0404. The van der Waals surface area contributed by atoms with Crippen molar-refractivity contribution in [3.8, 4) is 0 Å². The summed E-state index contributed by atoms with van der Waals surface area (Å²) in [6.07, 6.45) is 0.732. The summed E-state index contributed by atoms with van der Waals surface area (Å²) in [6, 6.07) is 5.54. The van der Waals surface area contributed by atoms with Crippen LogP contribution in [-0.2, 0) is 4.79 Å². The molecule has 1 unspecified atom stereocenters. The summed E-state index contributed by atoms with van der Waals surface area (Å²) >= 11 is 0. The summed E-state index contributed by atoms with van der Waals surface area (Å²) < 4.78 is 12.9. The molecule has 5 nitrogen and oxygen atoms in total. The Balaban J connectivity index is 1.99. The lowest BCUT2D eigenvalue weighted by atomic mass is 10.1. The van der Waals surface area contributed by atoms with E-state index in [4.69, 9.17) is 5.73 Å². The molecule has 0 aromatic heterocycles. The average molecular weight is 307 g/mol. The molecule has 1 aliphatic heterocycles. The van der Waals surface area contributed by atoms with Crippen molar-refractivity contribution in [3.63, 3.8) is 0 Å². The van der Waals surface area contributed by atoms with E-state index in [1.807, 2.05) is 6.92 Å². The highest BCUT2D eigenvalue weighted by Gasteiger charge is 2.24. The maximum absolute atomic E-state index is 12.9. The highest BCUT2D eigenvalue weighted by molar-refractivity contribution is 5.94. The number of rotatable bonds is 3. The number of hydrogen-bond acceptors (Lipinski definition) is 3. The summed E-state index contributed by atoms with van der Waals surface area (Å²) in [7, 11) is 0. The Morgan fingerprint density at radius 2 is 1.73 bits per heavy atom. The quantitative estimate of drug-likeness (QED) is 0.909. The minimum atomic E-state index is -0.361. The maximum Gasteiger partial charge on any atom is 0.253 e. The Hall–Kier alpha value is -1.95. The van der Waals surface area contributed by atoms with E-state index < -0.39 is 0 Å². The van der Waals surface area contributed by atoms with E-state index in [0.29, 0.717) is 38.3 Å². The lowest BCUT2D eigenvalue weighted by molar-refractivity contribution is -0.134. The van der Waals surface area contributed by atoms with Gasteiger partial charge < -0.3 is 15.5 Å². The third-order valence-electron chi connectivity index (χ3n) is 3.96. The molecular weight excluding hydrogens is 285 g/mol. The lowest BCUT2D eigenvalue weighted by Crippen LogP contribution is -2.41. The van der Waals surface area contributed by atoms with Gasteiger partial charge in [-0.05, 0) is 30.7 Å². The van der Waals surface area contributed by atoms with Crippen LogP contribution in [0.5, 0.6) is 0 Å². The number of hydrogen-bond donors (Lipinski definition) is 1. The van der Waals surface area contributed by atoms with Gasteiger partial charge in [0.05, 0.1) is 0 Å². The molecule has 120 valence electrons.